The number of nitrogens with two attached hydrogens (primary N) is 1. The van der Waals surface area contributed by atoms with Gasteiger partial charge in [0.25, 0.3) is 0 Å². The number of hydrogen-bond acceptors (Lipinski definition) is 3. The lowest BCUT2D eigenvalue weighted by atomic mass is 9.93. The summed E-state index contributed by atoms with van der Waals surface area (Å²) in [6.45, 7) is 3.40. The van der Waals surface area contributed by atoms with Crippen LogP contribution in [0.4, 0.5) is 0 Å². The van der Waals surface area contributed by atoms with Crippen molar-refractivity contribution >= 4 is 0 Å². The second-order valence-corrected chi connectivity index (χ2v) is 5.12. The molecule has 0 aliphatic rings. The van der Waals surface area contributed by atoms with Crippen LogP contribution < -0.4 is 10.5 Å². The molecule has 0 aromatic heterocycles. The molecule has 3 N–H and O–H groups in total. The summed E-state index contributed by atoms with van der Waals surface area (Å²) in [7, 11) is 0. The van der Waals surface area contributed by atoms with E-state index in [9.17, 15) is 5.11 Å². The quantitative estimate of drug-likeness (QED) is 0.884. The first-order valence-electron chi connectivity index (χ1n) is 6.27. The highest BCUT2D eigenvalue weighted by molar-refractivity contribution is 5.34. The molecular weight excluding hydrogens is 238 g/mol. The molecule has 0 radical (unpaired) electrons. The largest absolute Gasteiger partial charge is 0.457 e. The van der Waals surface area contributed by atoms with Crippen molar-refractivity contribution in [1.82, 2.24) is 0 Å². The van der Waals surface area contributed by atoms with Crippen LogP contribution in [0.3, 0.4) is 0 Å². The zero-order valence-electron chi connectivity index (χ0n) is 11.2. The van der Waals surface area contributed by atoms with E-state index in [0.717, 1.165) is 17.1 Å². The van der Waals surface area contributed by atoms with E-state index < -0.39 is 11.6 Å². The predicted molar refractivity (Wildman–Crippen MR) is 76.2 cm³/mol. The molecule has 0 amide bonds. The van der Waals surface area contributed by atoms with Crippen LogP contribution in [0.5, 0.6) is 11.5 Å². The van der Waals surface area contributed by atoms with Crippen molar-refractivity contribution in [3.05, 3.63) is 60.2 Å². The van der Waals surface area contributed by atoms with Crippen LogP contribution in [-0.4, -0.2) is 10.7 Å². The minimum atomic E-state index is -0.943. The maximum Gasteiger partial charge on any atom is 0.127 e. The molecular formula is C16H19NO2. The first-order chi connectivity index (χ1) is 8.97. The molecule has 0 bridgehead atoms. The van der Waals surface area contributed by atoms with Crippen molar-refractivity contribution in [3.63, 3.8) is 0 Å². The third-order valence-corrected chi connectivity index (χ3v) is 2.98. The van der Waals surface area contributed by atoms with Gasteiger partial charge in [0.2, 0.25) is 0 Å². The maximum absolute atomic E-state index is 9.89. The Bertz CT molecular complexity index is 515. The first kappa shape index (κ1) is 13.6. The lowest BCUT2D eigenvalue weighted by molar-refractivity contribution is 0.0517. The van der Waals surface area contributed by atoms with Gasteiger partial charge in [-0.05, 0) is 43.7 Å². The fraction of sp³-hybridized carbons (Fsp3) is 0.250. The molecule has 2 aromatic rings. The number of hydrogen-bond donors (Lipinski definition) is 2. The summed E-state index contributed by atoms with van der Waals surface area (Å²) in [4.78, 5) is 0. The van der Waals surface area contributed by atoms with Gasteiger partial charge in [0.05, 0.1) is 11.6 Å². The summed E-state index contributed by atoms with van der Waals surface area (Å²) in [6, 6.07) is 16.6. The molecule has 0 aliphatic carbocycles. The van der Waals surface area contributed by atoms with Crippen LogP contribution >= 0.6 is 0 Å². The second kappa shape index (κ2) is 5.43. The molecule has 0 heterocycles. The molecule has 3 heteroatoms. The molecule has 2 aromatic carbocycles. The van der Waals surface area contributed by atoms with Crippen molar-refractivity contribution in [1.29, 1.82) is 0 Å². The third kappa shape index (κ3) is 3.56. The van der Waals surface area contributed by atoms with Crippen LogP contribution in [0, 0.1) is 0 Å². The van der Waals surface area contributed by atoms with Gasteiger partial charge in [-0.1, -0.05) is 30.3 Å². The number of ether oxygens (including phenoxy) is 1. The highest BCUT2D eigenvalue weighted by Gasteiger charge is 2.24. The van der Waals surface area contributed by atoms with E-state index in [-0.39, 0.29) is 0 Å². The Hall–Kier alpha value is -1.84. The molecule has 0 saturated carbocycles. The van der Waals surface area contributed by atoms with Crippen LogP contribution in [-0.2, 0) is 0 Å². The van der Waals surface area contributed by atoms with E-state index in [0.29, 0.717) is 0 Å². The minimum Gasteiger partial charge on any atom is -0.457 e. The fourth-order valence-electron chi connectivity index (χ4n) is 1.78. The van der Waals surface area contributed by atoms with Gasteiger partial charge in [0.1, 0.15) is 11.5 Å². The lowest BCUT2D eigenvalue weighted by Crippen LogP contribution is -2.34. The minimum absolute atomic E-state index is 0.418. The molecule has 3 nitrogen and oxygen atoms in total. The van der Waals surface area contributed by atoms with E-state index in [1.807, 2.05) is 54.6 Å². The lowest BCUT2D eigenvalue weighted by Gasteiger charge is -2.26. The van der Waals surface area contributed by atoms with Crippen LogP contribution in [0.1, 0.15) is 25.5 Å². The Morgan fingerprint density at radius 2 is 1.47 bits per heavy atom. The number of rotatable bonds is 4. The van der Waals surface area contributed by atoms with E-state index in [2.05, 4.69) is 0 Å². The van der Waals surface area contributed by atoms with Gasteiger partial charge >= 0.3 is 0 Å². The number of aliphatic hydroxyl groups is 1. The molecule has 1 atom stereocenters. The van der Waals surface area contributed by atoms with Crippen LogP contribution in [0.15, 0.2) is 54.6 Å². The van der Waals surface area contributed by atoms with Gasteiger partial charge in [-0.15, -0.1) is 0 Å². The summed E-state index contributed by atoms with van der Waals surface area (Å²) in [5.41, 5.74) is 5.92. The fourth-order valence-corrected chi connectivity index (χ4v) is 1.78. The number of para-hydroxylation sites is 1. The molecule has 100 valence electrons. The number of benzene rings is 2. The molecule has 1 unspecified atom stereocenters. The van der Waals surface area contributed by atoms with Gasteiger partial charge in [-0.2, -0.15) is 0 Å². The van der Waals surface area contributed by atoms with Gasteiger partial charge in [0, 0.05) is 0 Å². The smallest absolute Gasteiger partial charge is 0.127 e. The SMILES string of the molecule is CC(C)(O)C(N)c1ccc(Oc2ccccc2)cc1. The van der Waals surface area contributed by atoms with Crippen LogP contribution in [0.25, 0.3) is 0 Å². The summed E-state index contributed by atoms with van der Waals surface area (Å²) in [5.74, 6) is 1.54. The average molecular weight is 257 g/mol. The summed E-state index contributed by atoms with van der Waals surface area (Å²) in [6.07, 6.45) is 0. The van der Waals surface area contributed by atoms with Crippen molar-refractivity contribution in [2.45, 2.75) is 25.5 Å². The van der Waals surface area contributed by atoms with E-state index in [4.69, 9.17) is 10.5 Å². The zero-order chi connectivity index (χ0) is 13.9. The molecule has 0 aliphatic heterocycles. The molecule has 0 saturated heterocycles. The highest BCUT2D eigenvalue weighted by Crippen LogP contribution is 2.26. The predicted octanol–water partition coefficient (Wildman–Crippen LogP) is 3.25. The normalized spacial score (nSPS) is 13.1. The van der Waals surface area contributed by atoms with E-state index in [1.54, 1.807) is 13.8 Å². The average Bonchev–Trinajstić information content (AvgIpc) is 2.39. The van der Waals surface area contributed by atoms with Gasteiger partial charge < -0.3 is 15.6 Å². The van der Waals surface area contributed by atoms with Crippen molar-refractivity contribution in [2.24, 2.45) is 5.73 Å². The van der Waals surface area contributed by atoms with Gasteiger partial charge in [0.15, 0.2) is 0 Å². The Balaban J connectivity index is 2.11. The Morgan fingerprint density at radius 3 is 2.00 bits per heavy atom. The standard InChI is InChI=1S/C16H19NO2/c1-16(2,18)15(17)12-8-10-14(11-9-12)19-13-6-4-3-5-7-13/h3-11,15,18H,17H2,1-2H3. The molecule has 2 rings (SSSR count). The summed E-state index contributed by atoms with van der Waals surface area (Å²) >= 11 is 0. The monoisotopic (exact) mass is 257 g/mol. The Morgan fingerprint density at radius 1 is 0.947 bits per heavy atom. The Kier molecular flexibility index (Phi) is 3.88. The molecule has 0 fully saturated rings. The third-order valence-electron chi connectivity index (χ3n) is 2.98. The van der Waals surface area contributed by atoms with Crippen molar-refractivity contribution in [2.75, 3.05) is 0 Å². The van der Waals surface area contributed by atoms with E-state index in [1.165, 1.54) is 0 Å². The van der Waals surface area contributed by atoms with E-state index >= 15 is 0 Å². The molecule has 19 heavy (non-hydrogen) atoms. The van der Waals surface area contributed by atoms with Crippen molar-refractivity contribution in [3.8, 4) is 11.5 Å². The second-order valence-electron chi connectivity index (χ2n) is 5.12. The zero-order valence-corrected chi connectivity index (χ0v) is 11.2. The summed E-state index contributed by atoms with van der Waals surface area (Å²) < 4.78 is 5.70. The summed E-state index contributed by atoms with van der Waals surface area (Å²) in [5, 5.41) is 9.89. The highest BCUT2D eigenvalue weighted by atomic mass is 16.5. The van der Waals surface area contributed by atoms with Gasteiger partial charge in [-0.3, -0.25) is 0 Å². The first-order valence-corrected chi connectivity index (χ1v) is 6.27. The topological polar surface area (TPSA) is 55.5 Å². The Labute approximate surface area is 113 Å². The van der Waals surface area contributed by atoms with Crippen molar-refractivity contribution < 1.29 is 9.84 Å². The van der Waals surface area contributed by atoms with Crippen LogP contribution in [0.2, 0.25) is 0 Å². The van der Waals surface area contributed by atoms with Gasteiger partial charge in [-0.25, -0.2) is 0 Å². The maximum atomic E-state index is 9.89. The molecule has 0 spiro atoms.